The second-order valence-corrected chi connectivity index (χ2v) is 10.0. The molecule has 0 atom stereocenters. The molecule has 1 heterocycles. The van der Waals surface area contributed by atoms with Gasteiger partial charge in [0.25, 0.3) is 5.56 Å². The van der Waals surface area contributed by atoms with Gasteiger partial charge in [-0.05, 0) is 81.8 Å². The van der Waals surface area contributed by atoms with Crippen LogP contribution in [0.25, 0.3) is 5.69 Å². The van der Waals surface area contributed by atoms with E-state index in [1.54, 1.807) is 6.07 Å². The first kappa shape index (κ1) is 20.7. The summed E-state index contributed by atoms with van der Waals surface area (Å²) in [6.45, 7) is 3.75. The average molecular weight is 437 g/mol. The van der Waals surface area contributed by atoms with E-state index in [-0.39, 0.29) is 16.9 Å². The molecule has 4 saturated carbocycles. The SMILES string of the molecule is Cc1ccc(-n2c(O)c(C=NNC(=O)C34CC5CC(CC(C5)C3)C4)c(=O)[nH]c2=O)c(C)c1. The highest BCUT2D eigenvalue weighted by molar-refractivity contribution is 5.86. The summed E-state index contributed by atoms with van der Waals surface area (Å²) in [6, 6.07) is 5.41. The summed E-state index contributed by atoms with van der Waals surface area (Å²) >= 11 is 0. The van der Waals surface area contributed by atoms with Gasteiger partial charge in [-0.2, -0.15) is 5.10 Å². The lowest BCUT2D eigenvalue weighted by Gasteiger charge is -2.55. The number of aromatic hydroxyl groups is 1. The summed E-state index contributed by atoms with van der Waals surface area (Å²) in [5.41, 5.74) is 2.80. The van der Waals surface area contributed by atoms with Gasteiger partial charge in [0.05, 0.1) is 17.3 Å². The molecule has 0 aliphatic heterocycles. The summed E-state index contributed by atoms with van der Waals surface area (Å²) in [4.78, 5) is 40.0. The van der Waals surface area contributed by atoms with Gasteiger partial charge in [-0.15, -0.1) is 0 Å². The third kappa shape index (κ3) is 3.38. The Hall–Kier alpha value is -3.16. The number of amides is 1. The molecule has 4 aliphatic carbocycles. The van der Waals surface area contributed by atoms with Crippen LogP contribution in [0.1, 0.15) is 55.2 Å². The van der Waals surface area contributed by atoms with Crippen molar-refractivity contribution in [3.63, 3.8) is 0 Å². The molecular weight excluding hydrogens is 408 g/mol. The number of H-pyrrole nitrogens is 1. The van der Waals surface area contributed by atoms with Crippen molar-refractivity contribution >= 4 is 12.1 Å². The molecule has 0 unspecified atom stereocenters. The number of nitrogens with zero attached hydrogens (tertiary/aromatic N) is 2. The Labute approximate surface area is 185 Å². The fourth-order valence-electron chi connectivity index (χ4n) is 6.60. The van der Waals surface area contributed by atoms with Crippen molar-refractivity contribution in [2.24, 2.45) is 28.3 Å². The molecule has 4 bridgehead atoms. The van der Waals surface area contributed by atoms with Gasteiger partial charge < -0.3 is 5.11 Å². The summed E-state index contributed by atoms with van der Waals surface area (Å²) in [6.07, 6.45) is 7.54. The molecule has 6 rings (SSSR count). The Balaban J connectivity index is 1.41. The maximum absolute atomic E-state index is 13.0. The highest BCUT2D eigenvalue weighted by Crippen LogP contribution is 2.60. The van der Waals surface area contributed by atoms with Crippen LogP contribution in [0.15, 0.2) is 32.9 Å². The first-order valence-electron chi connectivity index (χ1n) is 11.3. The highest BCUT2D eigenvalue weighted by Gasteiger charge is 2.54. The van der Waals surface area contributed by atoms with Crippen molar-refractivity contribution in [2.75, 3.05) is 0 Å². The number of aromatic amines is 1. The van der Waals surface area contributed by atoms with Crippen LogP contribution in [0.2, 0.25) is 0 Å². The van der Waals surface area contributed by atoms with E-state index in [0.717, 1.165) is 41.2 Å². The monoisotopic (exact) mass is 436 g/mol. The first-order chi connectivity index (χ1) is 15.3. The number of carbonyl (C=O) groups is 1. The Bertz CT molecular complexity index is 1200. The van der Waals surface area contributed by atoms with Gasteiger partial charge in [-0.25, -0.2) is 14.8 Å². The van der Waals surface area contributed by atoms with E-state index in [0.29, 0.717) is 23.4 Å². The Kier molecular flexibility index (Phi) is 4.83. The fourth-order valence-corrected chi connectivity index (χ4v) is 6.60. The summed E-state index contributed by atoms with van der Waals surface area (Å²) < 4.78 is 1.04. The molecule has 1 aromatic heterocycles. The van der Waals surface area contributed by atoms with Crippen molar-refractivity contribution in [2.45, 2.75) is 52.4 Å². The van der Waals surface area contributed by atoms with E-state index in [4.69, 9.17) is 0 Å². The summed E-state index contributed by atoms with van der Waals surface area (Å²) in [5.74, 6) is 1.27. The van der Waals surface area contributed by atoms with E-state index in [9.17, 15) is 19.5 Å². The molecule has 0 spiro atoms. The largest absolute Gasteiger partial charge is 0.493 e. The number of aromatic nitrogens is 2. The van der Waals surface area contributed by atoms with Crippen LogP contribution in [0, 0.1) is 37.0 Å². The number of benzene rings is 1. The lowest BCUT2D eigenvalue weighted by atomic mass is 9.49. The van der Waals surface area contributed by atoms with Crippen LogP contribution < -0.4 is 16.7 Å². The van der Waals surface area contributed by atoms with Crippen LogP contribution in [-0.2, 0) is 4.79 Å². The third-order valence-electron chi connectivity index (χ3n) is 7.59. The summed E-state index contributed by atoms with van der Waals surface area (Å²) in [7, 11) is 0. The first-order valence-corrected chi connectivity index (χ1v) is 11.3. The molecule has 0 saturated heterocycles. The Morgan fingerprint density at radius 2 is 1.78 bits per heavy atom. The van der Waals surface area contributed by atoms with Crippen molar-refractivity contribution in [3.05, 3.63) is 55.7 Å². The number of hydrogen-bond donors (Lipinski definition) is 3. The van der Waals surface area contributed by atoms with Gasteiger partial charge in [0, 0.05) is 0 Å². The smallest absolute Gasteiger partial charge is 0.335 e. The fraction of sp³-hybridized carbons (Fsp3) is 0.500. The van der Waals surface area contributed by atoms with Gasteiger partial charge in [0.15, 0.2) is 0 Å². The average Bonchev–Trinajstić information content (AvgIpc) is 2.70. The molecule has 1 amide bonds. The van der Waals surface area contributed by atoms with Crippen molar-refractivity contribution in [1.82, 2.24) is 15.0 Å². The minimum atomic E-state index is -0.763. The maximum Gasteiger partial charge on any atom is 0.335 e. The number of hydrazone groups is 1. The molecular formula is C24H28N4O4. The van der Waals surface area contributed by atoms with Gasteiger partial charge in [-0.3, -0.25) is 14.6 Å². The molecule has 32 heavy (non-hydrogen) atoms. The van der Waals surface area contributed by atoms with Gasteiger partial charge in [0.1, 0.15) is 5.56 Å². The van der Waals surface area contributed by atoms with Gasteiger partial charge >= 0.3 is 5.69 Å². The maximum atomic E-state index is 13.0. The second-order valence-electron chi connectivity index (χ2n) is 10.0. The summed E-state index contributed by atoms with van der Waals surface area (Å²) in [5, 5.41) is 14.7. The van der Waals surface area contributed by atoms with Gasteiger partial charge in [0.2, 0.25) is 11.8 Å². The van der Waals surface area contributed by atoms with Crippen LogP contribution >= 0.6 is 0 Å². The zero-order valence-corrected chi connectivity index (χ0v) is 18.4. The number of rotatable bonds is 4. The van der Waals surface area contributed by atoms with E-state index in [1.165, 1.54) is 19.3 Å². The highest BCUT2D eigenvalue weighted by atomic mass is 16.3. The molecule has 3 N–H and O–H groups in total. The topological polar surface area (TPSA) is 117 Å². The van der Waals surface area contributed by atoms with Crippen molar-refractivity contribution < 1.29 is 9.90 Å². The predicted molar refractivity (Wildman–Crippen MR) is 120 cm³/mol. The van der Waals surface area contributed by atoms with E-state index < -0.39 is 17.1 Å². The van der Waals surface area contributed by atoms with Gasteiger partial charge in [-0.1, -0.05) is 17.7 Å². The van der Waals surface area contributed by atoms with Crippen LogP contribution in [0.3, 0.4) is 0 Å². The van der Waals surface area contributed by atoms with Crippen LogP contribution in [0.4, 0.5) is 0 Å². The predicted octanol–water partition coefficient (Wildman–Crippen LogP) is 2.51. The Morgan fingerprint density at radius 3 is 2.38 bits per heavy atom. The third-order valence-corrected chi connectivity index (χ3v) is 7.59. The minimum absolute atomic E-state index is 0.105. The minimum Gasteiger partial charge on any atom is -0.493 e. The van der Waals surface area contributed by atoms with Crippen LogP contribution in [0.5, 0.6) is 5.88 Å². The second kappa shape index (κ2) is 7.46. The van der Waals surface area contributed by atoms with E-state index in [1.807, 2.05) is 26.0 Å². The lowest BCUT2D eigenvalue weighted by molar-refractivity contribution is -0.146. The molecule has 1 aromatic carbocycles. The number of carbonyl (C=O) groups excluding carboxylic acids is 1. The quantitative estimate of drug-likeness (QED) is 0.504. The van der Waals surface area contributed by atoms with E-state index in [2.05, 4.69) is 15.5 Å². The van der Waals surface area contributed by atoms with Crippen LogP contribution in [-0.4, -0.2) is 26.8 Å². The molecule has 168 valence electrons. The molecule has 2 aromatic rings. The lowest BCUT2D eigenvalue weighted by Crippen LogP contribution is -2.52. The molecule has 4 fully saturated rings. The van der Waals surface area contributed by atoms with Crippen molar-refractivity contribution in [1.29, 1.82) is 0 Å². The zero-order chi connectivity index (χ0) is 22.6. The normalized spacial score (nSPS) is 28.4. The zero-order valence-electron chi connectivity index (χ0n) is 18.4. The Morgan fingerprint density at radius 1 is 1.16 bits per heavy atom. The number of nitrogens with one attached hydrogen (secondary N) is 2. The standard InChI is InChI=1S/C24H28N4O4/c1-13-3-4-19(14(2)5-13)28-21(30)18(20(29)26-23(28)32)12-25-27-22(31)24-9-15-6-16(10-24)8-17(7-15)11-24/h3-5,12,15-17,30H,6-11H2,1-2H3,(H,27,31)(H,26,29,32). The number of aryl methyl sites for hydroxylation is 2. The molecule has 8 heteroatoms. The molecule has 0 radical (unpaired) electrons. The van der Waals surface area contributed by atoms with Crippen molar-refractivity contribution in [3.8, 4) is 11.6 Å². The number of hydrogen-bond acceptors (Lipinski definition) is 5. The molecule has 8 nitrogen and oxygen atoms in total. The molecule has 4 aliphatic rings. The van der Waals surface area contributed by atoms with E-state index >= 15 is 0 Å².